The summed E-state index contributed by atoms with van der Waals surface area (Å²) < 4.78 is 5.33. The number of hydrogen-bond donors (Lipinski definition) is 3. The number of hydrogen-bond acceptors (Lipinski definition) is 3. The second-order valence-corrected chi connectivity index (χ2v) is 7.74. The topological polar surface area (TPSA) is 88.7 Å². The monoisotopic (exact) mass is 474 g/mol. The van der Waals surface area contributed by atoms with E-state index in [1.54, 1.807) is 0 Å². The second-order valence-electron chi connectivity index (χ2n) is 7.74. The van der Waals surface area contributed by atoms with Gasteiger partial charge < -0.3 is 21.1 Å². The lowest BCUT2D eigenvalue weighted by Crippen LogP contribution is -2.42. The minimum Gasteiger partial charge on any atom is -0.444 e. The standard InChI is InChI=1S/C19H30N4O2.HI/c1-12-6-9-15(10-13(12)2)22-17(20)21-11-16(14-7-8-14)23-18(24)25-19(3,4)5;/h6,9-10,14,16H,7-8,11H2,1-5H3,(H,23,24)(H3,20,21,22);1H. The van der Waals surface area contributed by atoms with Gasteiger partial charge in [0.25, 0.3) is 0 Å². The Morgan fingerprint density at radius 1 is 1.31 bits per heavy atom. The Morgan fingerprint density at radius 3 is 2.50 bits per heavy atom. The number of nitrogens with two attached hydrogens (primary N) is 1. The van der Waals surface area contributed by atoms with E-state index in [1.165, 1.54) is 11.1 Å². The summed E-state index contributed by atoms with van der Waals surface area (Å²) in [5, 5.41) is 6.02. The normalized spacial score (nSPS) is 15.7. The average molecular weight is 474 g/mol. The molecule has 6 nitrogen and oxygen atoms in total. The van der Waals surface area contributed by atoms with E-state index in [0.717, 1.165) is 18.5 Å². The van der Waals surface area contributed by atoms with Gasteiger partial charge in [-0.05, 0) is 76.6 Å². The maximum absolute atomic E-state index is 12.0. The van der Waals surface area contributed by atoms with Gasteiger partial charge in [-0.1, -0.05) is 6.07 Å². The maximum atomic E-state index is 12.0. The van der Waals surface area contributed by atoms with E-state index in [4.69, 9.17) is 10.5 Å². The smallest absolute Gasteiger partial charge is 0.407 e. The number of alkyl carbamates (subject to hydrolysis) is 1. The Kier molecular flexibility index (Phi) is 8.17. The number of amides is 1. The lowest BCUT2D eigenvalue weighted by atomic mass is 10.1. The van der Waals surface area contributed by atoms with Gasteiger partial charge in [-0.25, -0.2) is 4.79 Å². The molecule has 0 aromatic heterocycles. The van der Waals surface area contributed by atoms with Crippen LogP contribution in [0.15, 0.2) is 23.2 Å². The molecule has 2 rings (SSSR count). The summed E-state index contributed by atoms with van der Waals surface area (Å²) >= 11 is 0. The molecular weight excluding hydrogens is 443 g/mol. The summed E-state index contributed by atoms with van der Waals surface area (Å²) in [7, 11) is 0. The minimum absolute atomic E-state index is 0. The highest BCUT2D eigenvalue weighted by atomic mass is 127. The predicted molar refractivity (Wildman–Crippen MR) is 117 cm³/mol. The zero-order chi connectivity index (χ0) is 18.6. The zero-order valence-corrected chi connectivity index (χ0v) is 18.6. The van der Waals surface area contributed by atoms with Gasteiger partial charge in [0, 0.05) is 5.69 Å². The summed E-state index contributed by atoms with van der Waals surface area (Å²) in [6, 6.07) is 6.01. The third-order valence-electron chi connectivity index (χ3n) is 4.13. The van der Waals surface area contributed by atoms with Crippen LogP contribution in [-0.2, 0) is 4.74 Å². The van der Waals surface area contributed by atoms with Crippen molar-refractivity contribution in [2.24, 2.45) is 16.6 Å². The highest BCUT2D eigenvalue weighted by Gasteiger charge is 2.33. The van der Waals surface area contributed by atoms with Crippen LogP contribution in [0.25, 0.3) is 0 Å². The molecule has 1 aromatic rings. The van der Waals surface area contributed by atoms with Gasteiger partial charge in [0.2, 0.25) is 0 Å². The quantitative estimate of drug-likeness (QED) is 0.343. The number of aliphatic imine (C=N–C) groups is 1. The van der Waals surface area contributed by atoms with Crippen LogP contribution in [0.3, 0.4) is 0 Å². The third kappa shape index (κ3) is 7.80. The molecule has 0 heterocycles. The summed E-state index contributed by atoms with van der Waals surface area (Å²) in [6.45, 7) is 10.1. The van der Waals surface area contributed by atoms with E-state index in [0.29, 0.717) is 18.4 Å². The van der Waals surface area contributed by atoms with Gasteiger partial charge in [-0.15, -0.1) is 24.0 Å². The highest BCUT2D eigenvalue weighted by Crippen LogP contribution is 2.33. The van der Waals surface area contributed by atoms with E-state index in [1.807, 2.05) is 39.0 Å². The van der Waals surface area contributed by atoms with Crippen molar-refractivity contribution in [2.45, 2.75) is 59.1 Å². The molecule has 1 unspecified atom stereocenters. The van der Waals surface area contributed by atoms with Crippen LogP contribution in [0, 0.1) is 19.8 Å². The van der Waals surface area contributed by atoms with E-state index in [9.17, 15) is 4.79 Å². The summed E-state index contributed by atoms with van der Waals surface area (Å²) in [6.07, 6.45) is 1.79. The number of aryl methyl sites for hydroxylation is 2. The fourth-order valence-electron chi connectivity index (χ4n) is 2.47. The van der Waals surface area contributed by atoms with Crippen LogP contribution in [0.4, 0.5) is 10.5 Å². The molecule has 0 saturated heterocycles. The van der Waals surface area contributed by atoms with Crippen molar-refractivity contribution in [1.82, 2.24) is 5.32 Å². The molecule has 0 bridgehead atoms. The van der Waals surface area contributed by atoms with Gasteiger partial charge in [0.1, 0.15) is 5.60 Å². The van der Waals surface area contributed by atoms with E-state index in [-0.39, 0.29) is 30.0 Å². The number of nitrogens with one attached hydrogen (secondary N) is 2. The van der Waals surface area contributed by atoms with Crippen LogP contribution in [0.5, 0.6) is 0 Å². The first-order valence-corrected chi connectivity index (χ1v) is 8.78. The van der Waals surface area contributed by atoms with Crippen molar-refractivity contribution < 1.29 is 9.53 Å². The van der Waals surface area contributed by atoms with E-state index < -0.39 is 11.7 Å². The van der Waals surface area contributed by atoms with Gasteiger partial charge in [0.05, 0.1) is 12.6 Å². The molecule has 1 aliphatic carbocycles. The Hall–Kier alpha value is -1.51. The molecule has 146 valence electrons. The Balaban J connectivity index is 0.00000338. The first-order chi connectivity index (χ1) is 11.6. The maximum Gasteiger partial charge on any atom is 0.407 e. The lowest BCUT2D eigenvalue weighted by Gasteiger charge is -2.23. The third-order valence-corrected chi connectivity index (χ3v) is 4.13. The van der Waals surface area contributed by atoms with Crippen LogP contribution in [-0.4, -0.2) is 30.2 Å². The van der Waals surface area contributed by atoms with Crippen molar-refractivity contribution in [3.63, 3.8) is 0 Å². The number of carbonyl (C=O) groups excluding carboxylic acids is 1. The molecule has 1 aliphatic rings. The molecule has 26 heavy (non-hydrogen) atoms. The number of guanidine groups is 1. The first kappa shape index (κ1) is 22.5. The molecule has 1 fully saturated rings. The molecule has 0 spiro atoms. The largest absolute Gasteiger partial charge is 0.444 e. The highest BCUT2D eigenvalue weighted by molar-refractivity contribution is 14.0. The van der Waals surface area contributed by atoms with Gasteiger partial charge in [-0.2, -0.15) is 0 Å². The van der Waals surface area contributed by atoms with Crippen LogP contribution in [0.2, 0.25) is 0 Å². The van der Waals surface area contributed by atoms with Crippen molar-refractivity contribution in [3.8, 4) is 0 Å². The van der Waals surface area contributed by atoms with Crippen molar-refractivity contribution in [3.05, 3.63) is 29.3 Å². The Bertz CT molecular complexity index is 651. The fourth-order valence-corrected chi connectivity index (χ4v) is 2.47. The van der Waals surface area contributed by atoms with Crippen molar-refractivity contribution >= 4 is 41.7 Å². The summed E-state index contributed by atoms with van der Waals surface area (Å²) in [5.41, 5.74) is 8.82. The molecule has 1 aromatic carbocycles. The Labute approximate surface area is 173 Å². The summed E-state index contributed by atoms with van der Waals surface area (Å²) in [4.78, 5) is 16.4. The van der Waals surface area contributed by atoms with Crippen LogP contribution < -0.4 is 16.4 Å². The molecule has 4 N–H and O–H groups in total. The number of nitrogens with zero attached hydrogens (tertiary/aromatic N) is 1. The molecule has 0 aliphatic heterocycles. The first-order valence-electron chi connectivity index (χ1n) is 8.78. The predicted octanol–water partition coefficient (Wildman–Crippen LogP) is 3.95. The molecule has 0 radical (unpaired) electrons. The fraction of sp³-hybridized carbons (Fsp3) is 0.579. The average Bonchev–Trinajstić information content (AvgIpc) is 3.30. The molecule has 1 amide bonds. The number of benzene rings is 1. The number of carbonyl (C=O) groups is 1. The molecule has 1 saturated carbocycles. The van der Waals surface area contributed by atoms with E-state index >= 15 is 0 Å². The van der Waals surface area contributed by atoms with Crippen LogP contribution >= 0.6 is 24.0 Å². The van der Waals surface area contributed by atoms with Crippen LogP contribution in [0.1, 0.15) is 44.7 Å². The SMILES string of the molecule is Cc1ccc(NC(N)=NCC(NC(=O)OC(C)(C)C)C2CC2)cc1C.I. The molecule has 7 heteroatoms. The van der Waals surface area contributed by atoms with Gasteiger partial charge >= 0.3 is 6.09 Å². The number of ether oxygens (including phenoxy) is 1. The summed E-state index contributed by atoms with van der Waals surface area (Å²) in [5.74, 6) is 0.797. The molecular formula is C19H31IN4O2. The second kappa shape index (κ2) is 9.43. The van der Waals surface area contributed by atoms with Crippen molar-refractivity contribution in [2.75, 3.05) is 11.9 Å². The lowest BCUT2D eigenvalue weighted by molar-refractivity contribution is 0.0500. The van der Waals surface area contributed by atoms with Gasteiger partial charge in [0.15, 0.2) is 5.96 Å². The zero-order valence-electron chi connectivity index (χ0n) is 16.3. The number of rotatable bonds is 5. The number of anilines is 1. The Morgan fingerprint density at radius 2 is 1.96 bits per heavy atom. The van der Waals surface area contributed by atoms with E-state index in [2.05, 4.69) is 29.5 Å². The van der Waals surface area contributed by atoms with Crippen molar-refractivity contribution in [1.29, 1.82) is 0 Å². The number of halogens is 1. The van der Waals surface area contributed by atoms with Gasteiger partial charge in [-0.3, -0.25) is 4.99 Å². The minimum atomic E-state index is -0.509. The molecule has 1 atom stereocenters.